The number of alkyl halides is 5. The lowest BCUT2D eigenvalue weighted by molar-refractivity contribution is -0.289. The number of Topliss-reactive ketones (excluding diaryl/α,β-unsaturated/α-hetero) is 1. The van der Waals surface area contributed by atoms with Gasteiger partial charge in [-0.2, -0.15) is 27.2 Å². The van der Waals surface area contributed by atoms with Gasteiger partial charge in [-0.3, -0.25) is 4.79 Å². The lowest BCUT2D eigenvalue weighted by atomic mass is 9.64. The average Bonchev–Trinajstić information content (AvgIpc) is 2.33. The number of carbonyl (C=O) groups is 1. The molecule has 0 saturated heterocycles. The number of nitrogens with zero attached hydrogens (tertiary/aromatic N) is 1. The second kappa shape index (κ2) is 4.27. The molecular weight excluding hydrogens is 281 g/mol. The first-order chi connectivity index (χ1) is 9.12. The van der Waals surface area contributed by atoms with Crippen LogP contribution in [0, 0.1) is 11.3 Å². The highest BCUT2D eigenvalue weighted by Crippen LogP contribution is 2.45. The maximum absolute atomic E-state index is 13.1. The molecule has 0 heterocycles. The smallest absolute Gasteiger partial charge is 0.300 e. The maximum atomic E-state index is 13.1. The zero-order valence-electron chi connectivity index (χ0n) is 9.97. The molecule has 0 aromatic heterocycles. The zero-order valence-corrected chi connectivity index (χ0v) is 9.97. The van der Waals surface area contributed by atoms with Crippen molar-refractivity contribution in [3.05, 3.63) is 35.4 Å². The quantitative estimate of drug-likeness (QED) is 0.782. The average molecular weight is 289 g/mol. The fraction of sp³-hybridized carbons (Fsp3) is 0.385. The predicted molar refractivity (Wildman–Crippen MR) is 57.9 cm³/mol. The second-order valence-corrected chi connectivity index (χ2v) is 4.74. The van der Waals surface area contributed by atoms with E-state index >= 15 is 0 Å². The van der Waals surface area contributed by atoms with Crippen molar-refractivity contribution in [3.63, 3.8) is 0 Å². The van der Waals surface area contributed by atoms with Gasteiger partial charge in [0, 0.05) is 18.4 Å². The van der Waals surface area contributed by atoms with E-state index in [2.05, 4.69) is 0 Å². The summed E-state index contributed by atoms with van der Waals surface area (Å²) in [5.74, 6) is -5.09. The minimum Gasteiger partial charge on any atom is -0.300 e. The Hall–Kier alpha value is -1.97. The summed E-state index contributed by atoms with van der Waals surface area (Å²) in [6, 6.07) is 5.30. The maximum Gasteiger partial charge on any atom is 0.458 e. The topological polar surface area (TPSA) is 40.9 Å². The Kier molecular flexibility index (Phi) is 3.08. The molecule has 0 unspecified atom stereocenters. The van der Waals surface area contributed by atoms with Gasteiger partial charge in [-0.25, -0.2) is 0 Å². The van der Waals surface area contributed by atoms with Crippen LogP contribution in [0.4, 0.5) is 22.0 Å². The summed E-state index contributed by atoms with van der Waals surface area (Å²) in [4.78, 5) is 11.0. The van der Waals surface area contributed by atoms with Gasteiger partial charge < -0.3 is 0 Å². The third kappa shape index (κ3) is 2.05. The first-order valence-corrected chi connectivity index (χ1v) is 5.61. The minimum absolute atomic E-state index is 0.0431. The van der Waals surface area contributed by atoms with Gasteiger partial charge in [0.15, 0.2) is 0 Å². The molecule has 0 spiro atoms. The van der Waals surface area contributed by atoms with Crippen LogP contribution in [-0.2, 0) is 16.1 Å². The van der Waals surface area contributed by atoms with E-state index in [9.17, 15) is 26.7 Å². The highest BCUT2D eigenvalue weighted by atomic mass is 19.4. The predicted octanol–water partition coefficient (Wildman–Crippen LogP) is 3.46. The lowest BCUT2D eigenvalue weighted by Gasteiger charge is -2.34. The monoisotopic (exact) mass is 289 g/mol. The van der Waals surface area contributed by atoms with Crippen LogP contribution in [0.2, 0.25) is 0 Å². The first-order valence-electron chi connectivity index (χ1n) is 5.61. The second-order valence-electron chi connectivity index (χ2n) is 4.74. The van der Waals surface area contributed by atoms with E-state index in [1.54, 1.807) is 0 Å². The van der Waals surface area contributed by atoms with Gasteiger partial charge in [-0.15, -0.1) is 0 Å². The molecular formula is C13H8F5NO. The van der Waals surface area contributed by atoms with Gasteiger partial charge >= 0.3 is 12.1 Å². The number of rotatable bonds is 2. The summed E-state index contributed by atoms with van der Waals surface area (Å²) in [6.07, 6.45) is -5.76. The van der Waals surface area contributed by atoms with E-state index in [0.29, 0.717) is 12.1 Å². The molecule has 7 heteroatoms. The molecule has 2 nitrogen and oxygen atoms in total. The largest absolute Gasteiger partial charge is 0.458 e. The molecule has 2 rings (SSSR count). The van der Waals surface area contributed by atoms with Crippen LogP contribution in [0.15, 0.2) is 24.3 Å². The Bertz CT molecular complexity index is 574. The van der Waals surface area contributed by atoms with Gasteiger partial charge in [0.1, 0.15) is 5.78 Å². The van der Waals surface area contributed by atoms with Crippen LogP contribution >= 0.6 is 0 Å². The van der Waals surface area contributed by atoms with Crippen LogP contribution in [-0.4, -0.2) is 12.0 Å². The molecule has 20 heavy (non-hydrogen) atoms. The summed E-state index contributed by atoms with van der Waals surface area (Å²) in [5, 5.41) is 9.04. The molecule has 1 aromatic carbocycles. The van der Waals surface area contributed by atoms with E-state index < -0.39 is 23.1 Å². The molecule has 1 aliphatic carbocycles. The number of hydrogen-bond donors (Lipinski definition) is 0. The molecule has 0 N–H and O–H groups in total. The summed E-state index contributed by atoms with van der Waals surface area (Å²) in [5.41, 5.74) is -2.00. The molecule has 0 atom stereocenters. The lowest BCUT2D eigenvalue weighted by Crippen LogP contribution is -2.40. The molecule has 0 amide bonds. The van der Waals surface area contributed by atoms with E-state index in [1.165, 1.54) is 0 Å². The standard InChI is InChI=1S/C13H8F5NO/c14-12(15,13(16,17)18)9-3-1-8(2-4-9)11(7-19)5-10(20)6-11/h1-4H,5-6H2. The van der Waals surface area contributed by atoms with Crippen LogP contribution in [0.5, 0.6) is 0 Å². The van der Waals surface area contributed by atoms with Crippen LogP contribution in [0.3, 0.4) is 0 Å². The van der Waals surface area contributed by atoms with Crippen molar-refractivity contribution in [2.24, 2.45) is 0 Å². The molecule has 0 aliphatic heterocycles. The van der Waals surface area contributed by atoms with Crippen LogP contribution in [0.25, 0.3) is 0 Å². The summed E-state index contributed by atoms with van der Waals surface area (Å²) < 4.78 is 62.8. The molecule has 0 bridgehead atoms. The number of halogens is 5. The highest BCUT2D eigenvalue weighted by Gasteiger charge is 2.58. The van der Waals surface area contributed by atoms with Crippen molar-refractivity contribution >= 4 is 5.78 Å². The van der Waals surface area contributed by atoms with E-state index in [-0.39, 0.29) is 24.2 Å². The van der Waals surface area contributed by atoms with Gasteiger partial charge in [0.2, 0.25) is 0 Å². The fourth-order valence-corrected chi connectivity index (χ4v) is 2.13. The van der Waals surface area contributed by atoms with Crippen molar-refractivity contribution in [1.82, 2.24) is 0 Å². The number of hydrogen-bond acceptors (Lipinski definition) is 2. The van der Waals surface area contributed by atoms with Gasteiger partial charge in [0.05, 0.1) is 11.5 Å². The molecule has 1 aliphatic rings. The molecule has 1 saturated carbocycles. The molecule has 0 radical (unpaired) electrons. The van der Waals surface area contributed by atoms with Crippen LogP contribution in [0.1, 0.15) is 24.0 Å². The summed E-state index contributed by atoms with van der Waals surface area (Å²) in [6.45, 7) is 0. The van der Waals surface area contributed by atoms with Gasteiger partial charge in [-0.05, 0) is 5.56 Å². The van der Waals surface area contributed by atoms with Crippen molar-refractivity contribution in [3.8, 4) is 6.07 Å². The Morgan fingerprint density at radius 1 is 1.05 bits per heavy atom. The van der Waals surface area contributed by atoms with E-state index in [1.807, 2.05) is 6.07 Å². The summed E-state index contributed by atoms with van der Waals surface area (Å²) in [7, 11) is 0. The fourth-order valence-electron chi connectivity index (χ4n) is 2.13. The summed E-state index contributed by atoms with van der Waals surface area (Å²) >= 11 is 0. The number of benzene rings is 1. The van der Waals surface area contributed by atoms with Crippen molar-refractivity contribution in [2.45, 2.75) is 30.4 Å². The number of ketones is 1. The van der Waals surface area contributed by atoms with Crippen molar-refractivity contribution < 1.29 is 26.7 Å². The SMILES string of the molecule is N#CC1(c2ccc(C(F)(F)C(F)(F)F)cc2)CC(=O)C1. The van der Waals surface area contributed by atoms with Crippen molar-refractivity contribution in [1.29, 1.82) is 5.26 Å². The minimum atomic E-state index is -5.67. The molecule has 1 fully saturated rings. The van der Waals surface area contributed by atoms with Gasteiger partial charge in [-0.1, -0.05) is 24.3 Å². The Morgan fingerprint density at radius 2 is 1.55 bits per heavy atom. The Labute approximate surface area is 110 Å². The third-order valence-corrected chi connectivity index (χ3v) is 3.37. The van der Waals surface area contributed by atoms with E-state index in [4.69, 9.17) is 5.26 Å². The zero-order chi connectivity index (χ0) is 15.2. The Balaban J connectivity index is 2.33. The Morgan fingerprint density at radius 3 is 1.90 bits per heavy atom. The molecule has 106 valence electrons. The normalized spacial score (nSPS) is 18.3. The van der Waals surface area contributed by atoms with Crippen LogP contribution < -0.4 is 0 Å². The third-order valence-electron chi connectivity index (χ3n) is 3.37. The van der Waals surface area contributed by atoms with Gasteiger partial charge in [0.25, 0.3) is 0 Å². The van der Waals surface area contributed by atoms with Crippen molar-refractivity contribution in [2.75, 3.05) is 0 Å². The first kappa shape index (κ1) is 14.4. The number of carbonyl (C=O) groups excluding carboxylic acids is 1. The number of nitriles is 1. The molecule has 1 aromatic rings. The highest BCUT2D eigenvalue weighted by molar-refractivity contribution is 5.90. The van der Waals surface area contributed by atoms with E-state index in [0.717, 1.165) is 12.1 Å².